The van der Waals surface area contributed by atoms with Gasteiger partial charge in [0, 0.05) is 32.2 Å². The van der Waals surface area contributed by atoms with E-state index in [1.807, 2.05) is 17.0 Å². The minimum atomic E-state index is 0.132. The third-order valence-corrected chi connectivity index (χ3v) is 5.35. The summed E-state index contributed by atoms with van der Waals surface area (Å²) in [5.41, 5.74) is 1.26. The molecule has 1 fully saturated rings. The van der Waals surface area contributed by atoms with Gasteiger partial charge in [0.15, 0.2) is 5.12 Å². The lowest BCUT2D eigenvalue weighted by Crippen LogP contribution is -2.27. The van der Waals surface area contributed by atoms with Crippen LogP contribution in [0.1, 0.15) is 18.9 Å². The van der Waals surface area contributed by atoms with Crippen molar-refractivity contribution in [3.63, 3.8) is 0 Å². The Balaban J connectivity index is 1.56. The van der Waals surface area contributed by atoms with Crippen LogP contribution in [-0.2, 0) is 16.0 Å². The quantitative estimate of drug-likeness (QED) is 0.843. The van der Waals surface area contributed by atoms with Crippen LogP contribution in [0.15, 0.2) is 42.5 Å². The SMILES string of the molecule is CC(=O)SCC1CC(=O)N(CCc2ccc3ccccc3c2)C1. The van der Waals surface area contributed by atoms with Gasteiger partial charge in [-0.1, -0.05) is 54.2 Å². The lowest BCUT2D eigenvalue weighted by atomic mass is 10.1. The van der Waals surface area contributed by atoms with Gasteiger partial charge >= 0.3 is 0 Å². The number of fused-ring (bicyclic) bond motifs is 1. The molecule has 1 saturated heterocycles. The second-order valence-corrected chi connectivity index (χ2v) is 7.34. The van der Waals surface area contributed by atoms with Gasteiger partial charge in [0.05, 0.1) is 0 Å². The lowest BCUT2D eigenvalue weighted by Gasteiger charge is -2.16. The minimum absolute atomic E-state index is 0.132. The first-order valence-corrected chi connectivity index (χ1v) is 8.99. The van der Waals surface area contributed by atoms with Gasteiger partial charge in [-0.15, -0.1) is 0 Å². The maximum atomic E-state index is 12.1. The number of hydrogen-bond acceptors (Lipinski definition) is 3. The summed E-state index contributed by atoms with van der Waals surface area (Å²) >= 11 is 1.33. The van der Waals surface area contributed by atoms with Crippen LogP contribution in [0.2, 0.25) is 0 Å². The van der Waals surface area contributed by atoms with E-state index in [1.165, 1.54) is 28.1 Å². The Morgan fingerprint density at radius 1 is 1.22 bits per heavy atom. The molecule has 0 radical (unpaired) electrons. The lowest BCUT2D eigenvalue weighted by molar-refractivity contribution is -0.127. The highest BCUT2D eigenvalue weighted by atomic mass is 32.2. The van der Waals surface area contributed by atoms with Crippen molar-refractivity contribution in [3.8, 4) is 0 Å². The van der Waals surface area contributed by atoms with Gasteiger partial charge in [0.2, 0.25) is 5.91 Å². The van der Waals surface area contributed by atoms with E-state index in [-0.39, 0.29) is 11.0 Å². The molecule has 1 aliphatic rings. The molecule has 0 aliphatic carbocycles. The molecule has 0 saturated carbocycles. The Hall–Kier alpha value is -1.81. The Labute approximate surface area is 141 Å². The molecule has 1 atom stereocenters. The van der Waals surface area contributed by atoms with Crippen molar-refractivity contribution in [1.82, 2.24) is 4.90 Å². The molecule has 120 valence electrons. The summed E-state index contributed by atoms with van der Waals surface area (Å²) in [7, 11) is 0. The number of carbonyl (C=O) groups is 2. The van der Waals surface area contributed by atoms with Crippen molar-refractivity contribution < 1.29 is 9.59 Å². The first-order chi connectivity index (χ1) is 11.1. The fourth-order valence-corrected chi connectivity index (χ4v) is 3.77. The molecule has 0 bridgehead atoms. The van der Waals surface area contributed by atoms with Crippen LogP contribution in [0.3, 0.4) is 0 Å². The second kappa shape index (κ2) is 7.18. The van der Waals surface area contributed by atoms with Gasteiger partial charge in [0.1, 0.15) is 0 Å². The molecule has 0 spiro atoms. The number of thioether (sulfide) groups is 1. The molecule has 2 aromatic carbocycles. The molecule has 1 amide bonds. The topological polar surface area (TPSA) is 37.4 Å². The number of rotatable bonds is 5. The van der Waals surface area contributed by atoms with Crippen molar-refractivity contribution >= 4 is 33.6 Å². The Kier molecular flexibility index (Phi) is 5.01. The predicted molar refractivity (Wildman–Crippen MR) is 95.5 cm³/mol. The highest BCUT2D eigenvalue weighted by molar-refractivity contribution is 8.13. The molecule has 0 N–H and O–H groups in total. The van der Waals surface area contributed by atoms with E-state index in [1.54, 1.807) is 6.92 Å². The number of likely N-dealkylation sites (tertiary alicyclic amines) is 1. The summed E-state index contributed by atoms with van der Waals surface area (Å²) in [5.74, 6) is 1.29. The predicted octanol–water partition coefficient (Wildman–Crippen LogP) is 3.51. The van der Waals surface area contributed by atoms with Crippen LogP contribution in [-0.4, -0.2) is 34.8 Å². The molecule has 23 heavy (non-hydrogen) atoms. The molecular formula is C19H21NO2S. The van der Waals surface area contributed by atoms with Crippen LogP contribution in [0, 0.1) is 5.92 Å². The molecule has 4 heteroatoms. The van der Waals surface area contributed by atoms with E-state index in [0.717, 1.165) is 25.3 Å². The van der Waals surface area contributed by atoms with Crippen molar-refractivity contribution in [3.05, 3.63) is 48.0 Å². The number of carbonyl (C=O) groups excluding carboxylic acids is 2. The van der Waals surface area contributed by atoms with Crippen molar-refractivity contribution in [2.75, 3.05) is 18.8 Å². The third kappa shape index (κ3) is 4.14. The zero-order valence-corrected chi connectivity index (χ0v) is 14.1. The van der Waals surface area contributed by atoms with Crippen molar-refractivity contribution in [2.24, 2.45) is 5.92 Å². The molecule has 0 aromatic heterocycles. The summed E-state index contributed by atoms with van der Waals surface area (Å²) in [6.07, 6.45) is 1.46. The van der Waals surface area contributed by atoms with Gasteiger partial charge < -0.3 is 4.90 Å². The van der Waals surface area contributed by atoms with E-state index in [4.69, 9.17) is 0 Å². The van der Waals surface area contributed by atoms with Gasteiger partial charge in [-0.2, -0.15) is 0 Å². The molecule has 1 heterocycles. The Morgan fingerprint density at radius 2 is 2.00 bits per heavy atom. The smallest absolute Gasteiger partial charge is 0.222 e. The van der Waals surface area contributed by atoms with Gasteiger partial charge in [-0.3, -0.25) is 9.59 Å². The molecule has 3 rings (SSSR count). The zero-order chi connectivity index (χ0) is 16.2. The van der Waals surface area contributed by atoms with Gasteiger partial charge in [-0.25, -0.2) is 0 Å². The maximum Gasteiger partial charge on any atom is 0.222 e. The first kappa shape index (κ1) is 16.1. The third-order valence-electron chi connectivity index (χ3n) is 4.30. The van der Waals surface area contributed by atoms with E-state index in [2.05, 4.69) is 30.3 Å². The largest absolute Gasteiger partial charge is 0.342 e. The second-order valence-electron chi connectivity index (χ2n) is 6.14. The normalized spacial score (nSPS) is 17.9. The van der Waals surface area contributed by atoms with Crippen LogP contribution in [0.4, 0.5) is 0 Å². The summed E-state index contributed by atoms with van der Waals surface area (Å²) in [6.45, 7) is 3.13. The molecule has 3 nitrogen and oxygen atoms in total. The van der Waals surface area contributed by atoms with E-state index >= 15 is 0 Å². The summed E-state index contributed by atoms with van der Waals surface area (Å²) in [4.78, 5) is 25.1. The monoisotopic (exact) mass is 327 g/mol. The summed E-state index contributed by atoms with van der Waals surface area (Å²) < 4.78 is 0. The average Bonchev–Trinajstić information content (AvgIpc) is 2.91. The van der Waals surface area contributed by atoms with Gasteiger partial charge in [-0.05, 0) is 28.7 Å². The highest BCUT2D eigenvalue weighted by Crippen LogP contribution is 2.23. The van der Waals surface area contributed by atoms with Crippen molar-refractivity contribution in [2.45, 2.75) is 19.8 Å². The number of hydrogen-bond donors (Lipinski definition) is 0. The van der Waals surface area contributed by atoms with Crippen LogP contribution < -0.4 is 0 Å². The average molecular weight is 327 g/mol. The van der Waals surface area contributed by atoms with Gasteiger partial charge in [0.25, 0.3) is 0 Å². The fourth-order valence-electron chi connectivity index (χ4n) is 3.08. The van der Waals surface area contributed by atoms with Crippen LogP contribution in [0.25, 0.3) is 10.8 Å². The van der Waals surface area contributed by atoms with Crippen LogP contribution in [0.5, 0.6) is 0 Å². The van der Waals surface area contributed by atoms with Crippen LogP contribution >= 0.6 is 11.8 Å². The zero-order valence-electron chi connectivity index (χ0n) is 13.3. The first-order valence-electron chi connectivity index (χ1n) is 8.00. The number of benzene rings is 2. The Morgan fingerprint density at radius 3 is 2.78 bits per heavy atom. The molecule has 1 unspecified atom stereocenters. The van der Waals surface area contributed by atoms with E-state index in [9.17, 15) is 9.59 Å². The maximum absolute atomic E-state index is 12.1. The van der Waals surface area contributed by atoms with Crippen molar-refractivity contribution in [1.29, 1.82) is 0 Å². The minimum Gasteiger partial charge on any atom is -0.342 e. The number of amides is 1. The summed E-state index contributed by atoms with van der Waals surface area (Å²) in [6, 6.07) is 14.8. The summed E-state index contributed by atoms with van der Waals surface area (Å²) in [5, 5.41) is 2.62. The Bertz CT molecular complexity index is 728. The molecular weight excluding hydrogens is 306 g/mol. The fraction of sp³-hybridized carbons (Fsp3) is 0.368. The van der Waals surface area contributed by atoms with E-state index in [0.29, 0.717) is 12.3 Å². The molecule has 2 aromatic rings. The molecule has 1 aliphatic heterocycles. The standard InChI is InChI=1S/C19H21NO2S/c1-14(21)23-13-16-11-19(22)20(12-16)9-8-15-6-7-17-4-2-3-5-18(17)10-15/h2-7,10,16H,8-9,11-13H2,1H3. The van der Waals surface area contributed by atoms with E-state index < -0.39 is 0 Å². The highest BCUT2D eigenvalue weighted by Gasteiger charge is 2.29. The number of nitrogens with zero attached hydrogens (tertiary/aromatic N) is 1.